The lowest BCUT2D eigenvalue weighted by molar-refractivity contribution is -0.117. The average Bonchev–Trinajstić information content (AvgIpc) is 2.39. The molecule has 2 aromatic rings. The van der Waals surface area contributed by atoms with Crippen LogP contribution in [-0.4, -0.2) is 5.91 Å². The van der Waals surface area contributed by atoms with Gasteiger partial charge in [-0.25, -0.2) is 0 Å². The molecule has 0 aromatic heterocycles. The van der Waals surface area contributed by atoms with Crippen LogP contribution in [0.1, 0.15) is 24.0 Å². The Hall–Kier alpha value is -2.09. The first kappa shape index (κ1) is 12.4. The second-order valence-electron chi connectivity index (χ2n) is 4.49. The summed E-state index contributed by atoms with van der Waals surface area (Å²) in [6.45, 7) is 3.93. The van der Waals surface area contributed by atoms with Crippen LogP contribution in [0.2, 0.25) is 0 Å². The molecular formula is C16H17NO. The van der Waals surface area contributed by atoms with Crippen LogP contribution in [0.25, 0.3) is 0 Å². The van der Waals surface area contributed by atoms with Gasteiger partial charge < -0.3 is 5.32 Å². The minimum atomic E-state index is -0.147. The summed E-state index contributed by atoms with van der Waals surface area (Å²) in [6.07, 6.45) is 0. The first-order chi connectivity index (χ1) is 8.66. The van der Waals surface area contributed by atoms with Crippen molar-refractivity contribution in [2.24, 2.45) is 0 Å². The van der Waals surface area contributed by atoms with E-state index in [1.165, 1.54) is 0 Å². The quantitative estimate of drug-likeness (QED) is 0.868. The maximum atomic E-state index is 12.1. The Kier molecular flexibility index (Phi) is 3.78. The number of benzene rings is 2. The molecule has 1 amide bonds. The zero-order chi connectivity index (χ0) is 13.0. The van der Waals surface area contributed by atoms with Crippen LogP contribution in [0, 0.1) is 6.92 Å². The molecular weight excluding hydrogens is 222 g/mol. The summed E-state index contributed by atoms with van der Waals surface area (Å²) >= 11 is 0. The van der Waals surface area contributed by atoms with Crippen LogP contribution in [0.3, 0.4) is 0 Å². The highest BCUT2D eigenvalue weighted by Crippen LogP contribution is 2.18. The molecule has 92 valence electrons. The molecule has 2 heteroatoms. The van der Waals surface area contributed by atoms with Crippen LogP contribution >= 0.6 is 0 Å². The Balaban J connectivity index is 2.09. The molecule has 2 rings (SSSR count). The lowest BCUT2D eigenvalue weighted by atomic mass is 10.0. The summed E-state index contributed by atoms with van der Waals surface area (Å²) in [4.78, 5) is 12.1. The molecule has 1 N–H and O–H groups in total. The van der Waals surface area contributed by atoms with E-state index in [1.807, 2.05) is 68.4 Å². The number of nitrogens with one attached hydrogen (secondary N) is 1. The average molecular weight is 239 g/mol. The molecule has 0 fully saturated rings. The smallest absolute Gasteiger partial charge is 0.231 e. The molecule has 2 nitrogen and oxygen atoms in total. The molecule has 18 heavy (non-hydrogen) atoms. The topological polar surface area (TPSA) is 29.1 Å². The fourth-order valence-electron chi connectivity index (χ4n) is 1.87. The van der Waals surface area contributed by atoms with Gasteiger partial charge in [-0.3, -0.25) is 4.79 Å². The van der Waals surface area contributed by atoms with Crippen molar-refractivity contribution in [2.45, 2.75) is 19.8 Å². The lowest BCUT2D eigenvalue weighted by Gasteiger charge is -2.12. The fraction of sp³-hybridized carbons (Fsp3) is 0.188. The Bertz CT molecular complexity index is 534. The van der Waals surface area contributed by atoms with Gasteiger partial charge in [0.25, 0.3) is 0 Å². The Morgan fingerprint density at radius 1 is 1.06 bits per heavy atom. The van der Waals surface area contributed by atoms with E-state index >= 15 is 0 Å². The van der Waals surface area contributed by atoms with Crippen LogP contribution in [0.4, 0.5) is 5.69 Å². The van der Waals surface area contributed by atoms with E-state index in [-0.39, 0.29) is 11.8 Å². The number of hydrogen-bond acceptors (Lipinski definition) is 1. The highest BCUT2D eigenvalue weighted by molar-refractivity contribution is 5.95. The van der Waals surface area contributed by atoms with Crippen LogP contribution in [0.5, 0.6) is 0 Å². The number of aryl methyl sites for hydroxylation is 1. The molecule has 1 unspecified atom stereocenters. The van der Waals surface area contributed by atoms with Crippen molar-refractivity contribution < 1.29 is 4.79 Å². The highest BCUT2D eigenvalue weighted by Gasteiger charge is 2.14. The summed E-state index contributed by atoms with van der Waals surface area (Å²) in [5, 5.41) is 2.94. The molecule has 0 bridgehead atoms. The Morgan fingerprint density at radius 3 is 2.44 bits per heavy atom. The molecule has 0 aliphatic rings. The molecule has 0 saturated carbocycles. The van der Waals surface area contributed by atoms with Gasteiger partial charge in [0.1, 0.15) is 0 Å². The number of carbonyl (C=O) groups excluding carboxylic acids is 1. The first-order valence-electron chi connectivity index (χ1n) is 6.09. The molecule has 0 heterocycles. The van der Waals surface area contributed by atoms with Crippen molar-refractivity contribution in [1.82, 2.24) is 0 Å². The second-order valence-corrected chi connectivity index (χ2v) is 4.49. The number of hydrogen-bond donors (Lipinski definition) is 1. The van der Waals surface area contributed by atoms with Crippen LogP contribution < -0.4 is 5.32 Å². The van der Waals surface area contributed by atoms with Crippen molar-refractivity contribution in [1.29, 1.82) is 0 Å². The number of rotatable bonds is 3. The molecule has 2 aromatic carbocycles. The SMILES string of the molecule is Cc1cccc(NC(=O)C(C)c2ccccc2)c1. The van der Waals surface area contributed by atoms with E-state index in [4.69, 9.17) is 0 Å². The highest BCUT2D eigenvalue weighted by atomic mass is 16.1. The van der Waals surface area contributed by atoms with E-state index in [9.17, 15) is 4.79 Å². The van der Waals surface area contributed by atoms with Gasteiger partial charge >= 0.3 is 0 Å². The maximum Gasteiger partial charge on any atom is 0.231 e. The largest absolute Gasteiger partial charge is 0.326 e. The molecule has 0 aliphatic carbocycles. The minimum absolute atomic E-state index is 0.0202. The maximum absolute atomic E-state index is 12.1. The van der Waals surface area contributed by atoms with E-state index in [0.717, 1.165) is 16.8 Å². The summed E-state index contributed by atoms with van der Waals surface area (Å²) < 4.78 is 0. The van der Waals surface area contributed by atoms with Crippen LogP contribution in [0.15, 0.2) is 54.6 Å². The summed E-state index contributed by atoms with van der Waals surface area (Å²) in [6, 6.07) is 17.6. The van der Waals surface area contributed by atoms with Gasteiger partial charge in [0.15, 0.2) is 0 Å². The monoisotopic (exact) mass is 239 g/mol. The summed E-state index contributed by atoms with van der Waals surface area (Å²) in [5.41, 5.74) is 3.02. The van der Waals surface area contributed by atoms with Gasteiger partial charge in [-0.1, -0.05) is 42.5 Å². The molecule has 0 radical (unpaired) electrons. The number of carbonyl (C=O) groups is 1. The van der Waals surface area contributed by atoms with Gasteiger partial charge in [0.05, 0.1) is 5.92 Å². The van der Waals surface area contributed by atoms with E-state index in [1.54, 1.807) is 0 Å². The molecule has 1 atom stereocenters. The zero-order valence-electron chi connectivity index (χ0n) is 10.7. The van der Waals surface area contributed by atoms with Gasteiger partial charge in [0.2, 0.25) is 5.91 Å². The number of anilines is 1. The molecule has 0 spiro atoms. The minimum Gasteiger partial charge on any atom is -0.326 e. The van der Waals surface area contributed by atoms with Crippen molar-refractivity contribution in [3.63, 3.8) is 0 Å². The van der Waals surface area contributed by atoms with Crippen molar-refractivity contribution in [3.05, 3.63) is 65.7 Å². The van der Waals surface area contributed by atoms with Gasteiger partial charge in [-0.2, -0.15) is 0 Å². The van der Waals surface area contributed by atoms with Crippen molar-refractivity contribution >= 4 is 11.6 Å². The Labute approximate surface area is 108 Å². The third-order valence-corrected chi connectivity index (χ3v) is 2.98. The van der Waals surface area contributed by atoms with Gasteiger partial charge in [-0.05, 0) is 37.1 Å². The lowest BCUT2D eigenvalue weighted by Crippen LogP contribution is -2.18. The third kappa shape index (κ3) is 2.98. The normalized spacial score (nSPS) is 11.9. The zero-order valence-corrected chi connectivity index (χ0v) is 10.7. The second kappa shape index (κ2) is 5.50. The standard InChI is InChI=1S/C16H17NO/c1-12-7-6-10-15(11-12)17-16(18)13(2)14-8-4-3-5-9-14/h3-11,13H,1-2H3,(H,17,18). The fourth-order valence-corrected chi connectivity index (χ4v) is 1.87. The van der Waals surface area contributed by atoms with E-state index < -0.39 is 0 Å². The summed E-state index contributed by atoms with van der Waals surface area (Å²) in [5.74, 6) is -0.126. The predicted octanol–water partition coefficient (Wildman–Crippen LogP) is 3.74. The van der Waals surface area contributed by atoms with Crippen molar-refractivity contribution in [3.8, 4) is 0 Å². The third-order valence-electron chi connectivity index (χ3n) is 2.98. The Morgan fingerprint density at radius 2 is 1.78 bits per heavy atom. The predicted molar refractivity (Wildman–Crippen MR) is 74.7 cm³/mol. The first-order valence-corrected chi connectivity index (χ1v) is 6.09. The molecule has 0 saturated heterocycles. The molecule has 0 aliphatic heterocycles. The van der Waals surface area contributed by atoms with Crippen LogP contribution in [-0.2, 0) is 4.79 Å². The van der Waals surface area contributed by atoms with Gasteiger partial charge in [-0.15, -0.1) is 0 Å². The summed E-state index contributed by atoms with van der Waals surface area (Å²) in [7, 11) is 0. The number of amides is 1. The van der Waals surface area contributed by atoms with E-state index in [2.05, 4.69) is 5.32 Å². The van der Waals surface area contributed by atoms with E-state index in [0.29, 0.717) is 0 Å². The van der Waals surface area contributed by atoms with Crippen molar-refractivity contribution in [2.75, 3.05) is 5.32 Å². The van der Waals surface area contributed by atoms with Gasteiger partial charge in [0, 0.05) is 5.69 Å².